The van der Waals surface area contributed by atoms with Gasteiger partial charge in [0, 0.05) is 0 Å². The van der Waals surface area contributed by atoms with Crippen LogP contribution in [0.25, 0.3) is 0 Å². The molecule has 0 saturated carbocycles. The van der Waals surface area contributed by atoms with E-state index >= 15 is 0 Å². The van der Waals surface area contributed by atoms with Crippen molar-refractivity contribution >= 4 is 0 Å². The topological polar surface area (TPSA) is 47.9 Å². The molecule has 0 bridgehead atoms. The van der Waals surface area contributed by atoms with E-state index in [2.05, 4.69) is 4.74 Å². The number of rotatable bonds is 8. The van der Waals surface area contributed by atoms with Gasteiger partial charge in [-0.2, -0.15) is 0 Å². The average Bonchev–Trinajstić information content (AvgIpc) is 2.10. The molecule has 1 N–H and O–H groups in total. The molecule has 0 saturated heterocycles. The molecule has 0 radical (unpaired) electrons. The lowest BCUT2D eigenvalue weighted by Crippen LogP contribution is -2.09. The molecular formula is C8H14O4. The van der Waals surface area contributed by atoms with Crippen molar-refractivity contribution < 1.29 is 19.3 Å². The number of aliphatic hydroxyl groups is 1. The fourth-order valence-corrected chi connectivity index (χ4v) is 0.546. The Kier molecular flexibility index (Phi) is 9.59. The van der Waals surface area contributed by atoms with Gasteiger partial charge in [-0.15, -0.1) is 0 Å². The molecule has 70 valence electrons. The normalized spacial score (nSPS) is 9.33. The minimum atomic E-state index is 0.0419. The Morgan fingerprint density at radius 3 is 2.17 bits per heavy atom. The summed E-state index contributed by atoms with van der Waals surface area (Å²) in [6, 6.07) is 0. The summed E-state index contributed by atoms with van der Waals surface area (Å²) in [4.78, 5) is 0. The van der Waals surface area contributed by atoms with Gasteiger partial charge >= 0.3 is 0 Å². The Bertz CT molecular complexity index is 119. The minimum absolute atomic E-state index is 0.0419. The van der Waals surface area contributed by atoms with Crippen LogP contribution in [-0.4, -0.2) is 44.7 Å². The second-order valence-electron chi connectivity index (χ2n) is 1.91. The lowest BCUT2D eigenvalue weighted by Gasteiger charge is -2.03. The van der Waals surface area contributed by atoms with Crippen molar-refractivity contribution in [2.24, 2.45) is 0 Å². The van der Waals surface area contributed by atoms with Crippen molar-refractivity contribution in [3.8, 4) is 12.5 Å². The summed E-state index contributed by atoms with van der Waals surface area (Å²) in [5, 5.41) is 8.33. The highest BCUT2D eigenvalue weighted by atomic mass is 16.5. The predicted octanol–water partition coefficient (Wildman–Crippen LogP) is -0.381. The van der Waals surface area contributed by atoms with Crippen LogP contribution in [0.4, 0.5) is 0 Å². The molecule has 0 atom stereocenters. The third-order valence-electron chi connectivity index (χ3n) is 1.02. The van der Waals surface area contributed by atoms with E-state index in [4.69, 9.17) is 21.0 Å². The third kappa shape index (κ3) is 9.24. The van der Waals surface area contributed by atoms with Gasteiger partial charge in [-0.1, -0.05) is 6.42 Å². The van der Waals surface area contributed by atoms with Crippen LogP contribution in [-0.2, 0) is 14.2 Å². The molecule has 0 unspecified atom stereocenters. The average molecular weight is 174 g/mol. The largest absolute Gasteiger partial charge is 0.444 e. The second-order valence-corrected chi connectivity index (χ2v) is 1.91. The zero-order valence-electron chi connectivity index (χ0n) is 6.99. The van der Waals surface area contributed by atoms with Gasteiger partial charge in [0.25, 0.3) is 0 Å². The first-order chi connectivity index (χ1) is 5.91. The lowest BCUT2D eigenvalue weighted by molar-refractivity contribution is 0.0221. The number of hydrogen-bond acceptors (Lipinski definition) is 4. The van der Waals surface area contributed by atoms with E-state index in [-0.39, 0.29) is 6.61 Å². The van der Waals surface area contributed by atoms with Gasteiger partial charge in [0.05, 0.1) is 33.0 Å². The Labute approximate surface area is 72.4 Å². The molecule has 0 aliphatic rings. The van der Waals surface area contributed by atoms with E-state index in [1.807, 2.05) is 6.11 Å². The van der Waals surface area contributed by atoms with Gasteiger partial charge in [-0.3, -0.25) is 0 Å². The van der Waals surface area contributed by atoms with Gasteiger partial charge in [0.15, 0.2) is 0 Å². The standard InChI is InChI=1S/C8H14O4/c1-2-10-5-6-12-8-7-11-4-3-9/h1,9H,3-8H2. The quantitative estimate of drug-likeness (QED) is 0.402. The van der Waals surface area contributed by atoms with E-state index in [9.17, 15) is 0 Å². The summed E-state index contributed by atoms with van der Waals surface area (Å²) in [5.41, 5.74) is 0. The van der Waals surface area contributed by atoms with Gasteiger partial charge < -0.3 is 19.3 Å². The maximum atomic E-state index is 8.33. The predicted molar refractivity (Wildman–Crippen MR) is 43.5 cm³/mol. The Hall–Kier alpha value is -0.760. The van der Waals surface area contributed by atoms with Gasteiger partial charge in [0.1, 0.15) is 12.7 Å². The second kappa shape index (κ2) is 10.2. The number of terminal acetylenes is 1. The van der Waals surface area contributed by atoms with E-state index in [1.54, 1.807) is 0 Å². The van der Waals surface area contributed by atoms with E-state index in [1.165, 1.54) is 0 Å². The van der Waals surface area contributed by atoms with Crippen molar-refractivity contribution in [2.75, 3.05) is 39.6 Å². The fraction of sp³-hybridized carbons (Fsp3) is 0.750. The molecule has 4 nitrogen and oxygen atoms in total. The molecule has 0 heterocycles. The van der Waals surface area contributed by atoms with Gasteiger partial charge in [-0.25, -0.2) is 0 Å². The highest BCUT2D eigenvalue weighted by molar-refractivity contribution is 4.67. The van der Waals surface area contributed by atoms with E-state index < -0.39 is 0 Å². The van der Waals surface area contributed by atoms with E-state index in [0.29, 0.717) is 33.0 Å². The lowest BCUT2D eigenvalue weighted by atomic mass is 10.7. The summed E-state index contributed by atoms with van der Waals surface area (Å²) < 4.78 is 14.6. The Morgan fingerprint density at radius 2 is 1.58 bits per heavy atom. The van der Waals surface area contributed by atoms with E-state index in [0.717, 1.165) is 0 Å². The van der Waals surface area contributed by atoms with Crippen LogP contribution in [0.5, 0.6) is 0 Å². The van der Waals surface area contributed by atoms with Crippen molar-refractivity contribution in [1.29, 1.82) is 0 Å². The minimum Gasteiger partial charge on any atom is -0.444 e. The zero-order valence-corrected chi connectivity index (χ0v) is 6.99. The smallest absolute Gasteiger partial charge is 0.123 e. The fourth-order valence-electron chi connectivity index (χ4n) is 0.546. The van der Waals surface area contributed by atoms with Crippen molar-refractivity contribution in [1.82, 2.24) is 0 Å². The summed E-state index contributed by atoms with van der Waals surface area (Å²) >= 11 is 0. The molecule has 0 aromatic heterocycles. The maximum absolute atomic E-state index is 8.33. The molecule has 12 heavy (non-hydrogen) atoms. The first-order valence-corrected chi connectivity index (χ1v) is 3.75. The zero-order chi connectivity index (χ0) is 9.07. The molecule has 0 aromatic carbocycles. The molecule has 0 aliphatic carbocycles. The molecule has 4 heteroatoms. The first-order valence-electron chi connectivity index (χ1n) is 3.75. The Morgan fingerprint density at radius 1 is 1.00 bits per heavy atom. The van der Waals surface area contributed by atoms with Crippen LogP contribution in [0.1, 0.15) is 0 Å². The van der Waals surface area contributed by atoms with Crippen LogP contribution in [0.15, 0.2) is 0 Å². The molecule has 0 spiro atoms. The highest BCUT2D eigenvalue weighted by Gasteiger charge is 1.88. The molecule has 0 aliphatic heterocycles. The van der Waals surface area contributed by atoms with Crippen molar-refractivity contribution in [3.63, 3.8) is 0 Å². The maximum Gasteiger partial charge on any atom is 0.123 e. The monoisotopic (exact) mass is 174 g/mol. The van der Waals surface area contributed by atoms with Crippen LogP contribution < -0.4 is 0 Å². The number of hydrogen-bond donors (Lipinski definition) is 1. The summed E-state index contributed by atoms with van der Waals surface area (Å²) in [5.74, 6) is 0. The van der Waals surface area contributed by atoms with Crippen LogP contribution >= 0.6 is 0 Å². The SMILES string of the molecule is C#COCCOCCOCCO. The van der Waals surface area contributed by atoms with Gasteiger partial charge in [-0.05, 0) is 0 Å². The van der Waals surface area contributed by atoms with Crippen molar-refractivity contribution in [3.05, 3.63) is 0 Å². The highest BCUT2D eigenvalue weighted by Crippen LogP contribution is 1.79. The van der Waals surface area contributed by atoms with Crippen molar-refractivity contribution in [2.45, 2.75) is 0 Å². The first kappa shape index (κ1) is 11.2. The van der Waals surface area contributed by atoms with Gasteiger partial charge in [0.2, 0.25) is 0 Å². The molecule has 0 rings (SSSR count). The summed E-state index contributed by atoms with van der Waals surface area (Å²) in [6.07, 6.45) is 6.86. The summed E-state index contributed by atoms with van der Waals surface area (Å²) in [6.45, 7) is 2.23. The number of aliphatic hydroxyl groups excluding tert-OH is 1. The third-order valence-corrected chi connectivity index (χ3v) is 1.02. The Balaban J connectivity index is 2.78. The molecule has 0 amide bonds. The summed E-state index contributed by atoms with van der Waals surface area (Å²) in [7, 11) is 0. The van der Waals surface area contributed by atoms with Crippen LogP contribution in [0.3, 0.4) is 0 Å². The van der Waals surface area contributed by atoms with Crippen LogP contribution in [0, 0.1) is 12.5 Å². The number of ether oxygens (including phenoxy) is 3. The van der Waals surface area contributed by atoms with Crippen LogP contribution in [0.2, 0.25) is 0 Å². The molecule has 0 aromatic rings. The molecular weight excluding hydrogens is 160 g/mol. The molecule has 0 fully saturated rings.